The van der Waals surface area contributed by atoms with E-state index in [1.165, 1.54) is 0 Å². The summed E-state index contributed by atoms with van der Waals surface area (Å²) in [5.41, 5.74) is 1.74. The van der Waals surface area contributed by atoms with Gasteiger partial charge in [-0.05, 0) is 12.5 Å². The third-order valence-electron chi connectivity index (χ3n) is 2.67. The van der Waals surface area contributed by atoms with Gasteiger partial charge in [0.05, 0.1) is 24.2 Å². The smallest absolute Gasteiger partial charge is 0.274 e. The van der Waals surface area contributed by atoms with Gasteiger partial charge < -0.3 is 10.1 Å². The summed E-state index contributed by atoms with van der Waals surface area (Å²) in [6.45, 7) is 3.25. The van der Waals surface area contributed by atoms with Crippen LogP contribution in [0.1, 0.15) is 12.5 Å². The van der Waals surface area contributed by atoms with Gasteiger partial charge in [-0.2, -0.15) is 0 Å². The molecule has 86 valence electrons. The van der Waals surface area contributed by atoms with Crippen LogP contribution in [0.15, 0.2) is 18.2 Å². The number of rotatable bonds is 4. The van der Waals surface area contributed by atoms with Crippen LogP contribution in [0.2, 0.25) is 0 Å². The molecule has 1 saturated heterocycles. The number of hydrogen-bond donors (Lipinski definition) is 1. The van der Waals surface area contributed by atoms with Crippen molar-refractivity contribution in [2.45, 2.75) is 19.4 Å². The maximum Gasteiger partial charge on any atom is 0.274 e. The summed E-state index contributed by atoms with van der Waals surface area (Å²) in [4.78, 5) is 10.5. The fourth-order valence-corrected chi connectivity index (χ4v) is 1.68. The van der Waals surface area contributed by atoms with Gasteiger partial charge in [0.1, 0.15) is 0 Å². The topological polar surface area (TPSA) is 64.4 Å². The second kappa shape index (κ2) is 4.49. The highest BCUT2D eigenvalue weighted by atomic mass is 16.6. The Kier molecular flexibility index (Phi) is 3.05. The molecule has 0 aromatic heterocycles. The van der Waals surface area contributed by atoms with Crippen LogP contribution in [0.5, 0.6) is 0 Å². The molecule has 0 spiro atoms. The van der Waals surface area contributed by atoms with E-state index >= 15 is 0 Å². The zero-order valence-electron chi connectivity index (χ0n) is 9.10. The fourth-order valence-electron chi connectivity index (χ4n) is 1.68. The Labute approximate surface area is 93.6 Å². The van der Waals surface area contributed by atoms with Crippen molar-refractivity contribution in [3.05, 3.63) is 33.9 Å². The van der Waals surface area contributed by atoms with E-state index in [0.29, 0.717) is 19.6 Å². The lowest BCUT2D eigenvalue weighted by Crippen LogP contribution is -2.40. The zero-order valence-corrected chi connectivity index (χ0v) is 9.10. The Bertz CT molecular complexity index is 402. The number of nitrogens with one attached hydrogen (secondary N) is 1. The quantitative estimate of drug-likeness (QED) is 0.624. The van der Waals surface area contributed by atoms with Crippen LogP contribution in [-0.4, -0.2) is 24.2 Å². The number of anilines is 1. The summed E-state index contributed by atoms with van der Waals surface area (Å²) in [6, 6.07) is 5.56. The molecule has 0 radical (unpaired) electrons. The summed E-state index contributed by atoms with van der Waals surface area (Å²) < 4.78 is 5.03. The third kappa shape index (κ3) is 2.14. The van der Waals surface area contributed by atoms with Crippen molar-refractivity contribution >= 4 is 11.4 Å². The predicted molar refractivity (Wildman–Crippen MR) is 60.7 cm³/mol. The Morgan fingerprint density at radius 3 is 2.81 bits per heavy atom. The first-order chi connectivity index (χ1) is 7.70. The van der Waals surface area contributed by atoms with Crippen molar-refractivity contribution < 1.29 is 9.66 Å². The first-order valence-electron chi connectivity index (χ1n) is 5.32. The Hall–Kier alpha value is -1.62. The average Bonchev–Trinajstić information content (AvgIpc) is 2.23. The molecule has 0 amide bonds. The predicted octanol–water partition coefficient (Wildman–Crippen LogP) is 1.97. The molecule has 1 N–H and O–H groups in total. The van der Waals surface area contributed by atoms with E-state index in [2.05, 4.69) is 5.32 Å². The molecular weight excluding hydrogens is 208 g/mol. The van der Waals surface area contributed by atoms with Gasteiger partial charge in [0, 0.05) is 17.3 Å². The number of nitrogens with zero attached hydrogens (tertiary/aromatic N) is 1. The third-order valence-corrected chi connectivity index (χ3v) is 2.67. The molecule has 0 atom stereocenters. The molecule has 1 aliphatic rings. The molecule has 5 nitrogen and oxygen atoms in total. The molecule has 5 heteroatoms. The minimum absolute atomic E-state index is 0.188. The summed E-state index contributed by atoms with van der Waals surface area (Å²) in [5.74, 6) is 0. The normalized spacial score (nSPS) is 15.6. The lowest BCUT2D eigenvalue weighted by Gasteiger charge is -2.27. The van der Waals surface area contributed by atoms with Crippen LogP contribution in [0.4, 0.5) is 11.4 Å². The second-order valence-electron chi connectivity index (χ2n) is 3.83. The number of benzene rings is 1. The summed E-state index contributed by atoms with van der Waals surface area (Å²) in [6.07, 6.45) is 0.670. The number of ether oxygens (including phenoxy) is 1. The fraction of sp³-hybridized carbons (Fsp3) is 0.455. The van der Waals surface area contributed by atoms with E-state index in [1.807, 2.05) is 13.0 Å². The van der Waals surface area contributed by atoms with Crippen LogP contribution in [0.3, 0.4) is 0 Å². The van der Waals surface area contributed by atoms with Gasteiger partial charge in [0.2, 0.25) is 0 Å². The average molecular weight is 222 g/mol. The molecule has 0 aliphatic carbocycles. The molecule has 1 heterocycles. The Morgan fingerprint density at radius 1 is 1.56 bits per heavy atom. The molecule has 2 rings (SSSR count). The molecule has 1 aromatic carbocycles. The molecule has 1 aromatic rings. The zero-order chi connectivity index (χ0) is 11.5. The molecule has 16 heavy (non-hydrogen) atoms. The van der Waals surface area contributed by atoms with E-state index in [0.717, 1.165) is 11.3 Å². The number of aryl methyl sites for hydroxylation is 1. The maximum absolute atomic E-state index is 10.9. The lowest BCUT2D eigenvalue weighted by molar-refractivity contribution is -0.385. The van der Waals surface area contributed by atoms with Gasteiger partial charge in [0.15, 0.2) is 0 Å². The molecule has 1 fully saturated rings. The lowest BCUT2D eigenvalue weighted by atomic mass is 10.1. The summed E-state index contributed by atoms with van der Waals surface area (Å²) >= 11 is 0. The first kappa shape index (κ1) is 10.9. The molecule has 0 bridgehead atoms. The van der Waals surface area contributed by atoms with E-state index in [-0.39, 0.29) is 16.7 Å². The monoisotopic (exact) mass is 222 g/mol. The van der Waals surface area contributed by atoms with Crippen LogP contribution >= 0.6 is 0 Å². The van der Waals surface area contributed by atoms with E-state index < -0.39 is 0 Å². The van der Waals surface area contributed by atoms with Crippen molar-refractivity contribution in [1.82, 2.24) is 0 Å². The van der Waals surface area contributed by atoms with Crippen molar-refractivity contribution in [3.63, 3.8) is 0 Å². The Morgan fingerprint density at radius 2 is 2.31 bits per heavy atom. The minimum atomic E-state index is -0.332. The number of hydrogen-bond acceptors (Lipinski definition) is 4. The SMILES string of the molecule is CCc1ccc(NC2COC2)cc1[N+](=O)[O-]. The molecule has 0 unspecified atom stereocenters. The molecule has 1 aliphatic heterocycles. The summed E-state index contributed by atoms with van der Waals surface area (Å²) in [7, 11) is 0. The maximum atomic E-state index is 10.9. The van der Waals surface area contributed by atoms with Gasteiger partial charge in [-0.3, -0.25) is 10.1 Å². The Balaban J connectivity index is 2.20. The van der Waals surface area contributed by atoms with Gasteiger partial charge in [-0.15, -0.1) is 0 Å². The molecular formula is C11H14N2O3. The van der Waals surface area contributed by atoms with Crippen molar-refractivity contribution in [2.75, 3.05) is 18.5 Å². The van der Waals surface area contributed by atoms with Gasteiger partial charge in [0.25, 0.3) is 5.69 Å². The first-order valence-corrected chi connectivity index (χ1v) is 5.32. The van der Waals surface area contributed by atoms with E-state index in [1.54, 1.807) is 12.1 Å². The van der Waals surface area contributed by atoms with Crippen molar-refractivity contribution in [1.29, 1.82) is 0 Å². The molecule has 0 saturated carbocycles. The van der Waals surface area contributed by atoms with Crippen molar-refractivity contribution in [2.24, 2.45) is 0 Å². The summed E-state index contributed by atoms with van der Waals surface area (Å²) in [5, 5.41) is 14.1. The van der Waals surface area contributed by atoms with Gasteiger partial charge in [-0.1, -0.05) is 13.0 Å². The van der Waals surface area contributed by atoms with Gasteiger partial charge >= 0.3 is 0 Å². The second-order valence-corrected chi connectivity index (χ2v) is 3.83. The van der Waals surface area contributed by atoms with Crippen LogP contribution < -0.4 is 5.32 Å². The standard InChI is InChI=1S/C11H14N2O3/c1-2-8-3-4-9(5-11(8)13(14)15)12-10-6-16-7-10/h3-5,10,12H,2,6-7H2,1H3. The van der Waals surface area contributed by atoms with Crippen LogP contribution in [0, 0.1) is 10.1 Å². The van der Waals surface area contributed by atoms with Crippen LogP contribution in [0.25, 0.3) is 0 Å². The number of nitro groups is 1. The van der Waals surface area contributed by atoms with Crippen LogP contribution in [-0.2, 0) is 11.2 Å². The largest absolute Gasteiger partial charge is 0.377 e. The van der Waals surface area contributed by atoms with Crippen molar-refractivity contribution in [3.8, 4) is 0 Å². The highest BCUT2D eigenvalue weighted by Gasteiger charge is 2.19. The highest BCUT2D eigenvalue weighted by molar-refractivity contribution is 5.55. The van der Waals surface area contributed by atoms with Gasteiger partial charge in [-0.25, -0.2) is 0 Å². The van der Waals surface area contributed by atoms with E-state index in [9.17, 15) is 10.1 Å². The van der Waals surface area contributed by atoms with E-state index in [4.69, 9.17) is 4.74 Å². The number of nitro benzene ring substituents is 1. The minimum Gasteiger partial charge on any atom is -0.377 e. The highest BCUT2D eigenvalue weighted by Crippen LogP contribution is 2.24.